The third-order valence-corrected chi connectivity index (χ3v) is 2.88. The normalized spacial score (nSPS) is 15.6. The standard InChI is InChI=1S/C11H16F3N3/c1-3-7(2)10(17-15)8-6-16-5-4-9(8)11(12,13)14/h4-7,10,17H,3,15H2,1-2H3. The second-order valence-corrected chi connectivity index (χ2v) is 3.99. The van der Waals surface area contributed by atoms with Gasteiger partial charge in [-0.2, -0.15) is 13.2 Å². The average molecular weight is 247 g/mol. The van der Waals surface area contributed by atoms with Gasteiger partial charge in [-0.05, 0) is 12.0 Å². The Labute approximate surface area is 98.2 Å². The van der Waals surface area contributed by atoms with E-state index in [9.17, 15) is 13.2 Å². The molecule has 96 valence electrons. The lowest BCUT2D eigenvalue weighted by Gasteiger charge is -2.25. The van der Waals surface area contributed by atoms with Gasteiger partial charge in [0.2, 0.25) is 0 Å². The number of rotatable bonds is 4. The lowest BCUT2D eigenvalue weighted by molar-refractivity contribution is -0.138. The Bertz CT molecular complexity index is 365. The Balaban J connectivity index is 3.20. The molecule has 0 amide bonds. The predicted octanol–water partition coefficient (Wildman–Crippen LogP) is 2.65. The van der Waals surface area contributed by atoms with E-state index in [0.29, 0.717) is 0 Å². The van der Waals surface area contributed by atoms with E-state index in [1.54, 1.807) is 0 Å². The fraction of sp³-hybridized carbons (Fsp3) is 0.545. The number of nitrogens with two attached hydrogens (primary N) is 1. The molecule has 1 heterocycles. The summed E-state index contributed by atoms with van der Waals surface area (Å²) in [6.45, 7) is 3.75. The Morgan fingerprint density at radius 3 is 2.59 bits per heavy atom. The van der Waals surface area contributed by atoms with Crippen molar-refractivity contribution < 1.29 is 13.2 Å². The van der Waals surface area contributed by atoms with Gasteiger partial charge in [0.25, 0.3) is 0 Å². The first kappa shape index (κ1) is 13.9. The van der Waals surface area contributed by atoms with Gasteiger partial charge in [0.15, 0.2) is 0 Å². The molecule has 1 rings (SSSR count). The number of aromatic nitrogens is 1. The van der Waals surface area contributed by atoms with E-state index in [1.165, 1.54) is 6.20 Å². The molecule has 1 aromatic heterocycles. The molecule has 6 heteroatoms. The van der Waals surface area contributed by atoms with Crippen LogP contribution >= 0.6 is 0 Å². The van der Waals surface area contributed by atoms with Crippen LogP contribution in [0.1, 0.15) is 37.4 Å². The summed E-state index contributed by atoms with van der Waals surface area (Å²) in [5, 5.41) is 0. The smallest absolute Gasteiger partial charge is 0.271 e. The van der Waals surface area contributed by atoms with Gasteiger partial charge in [-0.3, -0.25) is 16.3 Å². The van der Waals surface area contributed by atoms with Crippen molar-refractivity contribution in [3.8, 4) is 0 Å². The highest BCUT2D eigenvalue weighted by Gasteiger charge is 2.36. The molecule has 3 N–H and O–H groups in total. The number of nitrogens with one attached hydrogen (secondary N) is 1. The maximum atomic E-state index is 12.8. The number of nitrogens with zero attached hydrogens (tertiary/aromatic N) is 1. The first-order valence-corrected chi connectivity index (χ1v) is 5.39. The van der Waals surface area contributed by atoms with Gasteiger partial charge in [0.05, 0.1) is 11.6 Å². The highest BCUT2D eigenvalue weighted by molar-refractivity contribution is 5.29. The van der Waals surface area contributed by atoms with Crippen LogP contribution in [0.25, 0.3) is 0 Å². The van der Waals surface area contributed by atoms with Gasteiger partial charge in [0.1, 0.15) is 0 Å². The molecule has 0 radical (unpaired) electrons. The van der Waals surface area contributed by atoms with Crippen molar-refractivity contribution in [1.82, 2.24) is 10.4 Å². The van der Waals surface area contributed by atoms with Crippen molar-refractivity contribution in [1.29, 1.82) is 0 Å². The topological polar surface area (TPSA) is 50.9 Å². The molecule has 0 aliphatic rings. The fourth-order valence-electron chi connectivity index (χ4n) is 1.71. The van der Waals surface area contributed by atoms with Gasteiger partial charge < -0.3 is 0 Å². The highest BCUT2D eigenvalue weighted by Crippen LogP contribution is 2.36. The van der Waals surface area contributed by atoms with E-state index in [-0.39, 0.29) is 11.5 Å². The molecule has 0 bridgehead atoms. The molecular formula is C11H16F3N3. The van der Waals surface area contributed by atoms with Gasteiger partial charge in [-0.1, -0.05) is 20.3 Å². The summed E-state index contributed by atoms with van der Waals surface area (Å²) in [5.74, 6) is 5.34. The summed E-state index contributed by atoms with van der Waals surface area (Å²) >= 11 is 0. The summed E-state index contributed by atoms with van der Waals surface area (Å²) < 4.78 is 38.4. The van der Waals surface area contributed by atoms with E-state index in [4.69, 9.17) is 5.84 Å². The van der Waals surface area contributed by atoms with Crippen LogP contribution in [-0.4, -0.2) is 4.98 Å². The lowest BCUT2D eigenvalue weighted by Crippen LogP contribution is -2.34. The lowest BCUT2D eigenvalue weighted by atomic mass is 9.91. The van der Waals surface area contributed by atoms with Crippen LogP contribution in [0.2, 0.25) is 0 Å². The molecule has 17 heavy (non-hydrogen) atoms. The average Bonchev–Trinajstić information content (AvgIpc) is 2.29. The molecule has 2 unspecified atom stereocenters. The van der Waals surface area contributed by atoms with E-state index in [0.717, 1.165) is 18.7 Å². The molecule has 2 atom stereocenters. The summed E-state index contributed by atoms with van der Waals surface area (Å²) in [7, 11) is 0. The maximum absolute atomic E-state index is 12.8. The van der Waals surface area contributed by atoms with Gasteiger partial charge in [0, 0.05) is 18.0 Å². The third-order valence-electron chi connectivity index (χ3n) is 2.88. The number of hydrazine groups is 1. The zero-order chi connectivity index (χ0) is 13.1. The van der Waals surface area contributed by atoms with E-state index in [2.05, 4.69) is 10.4 Å². The number of halogens is 3. The fourth-order valence-corrected chi connectivity index (χ4v) is 1.71. The van der Waals surface area contributed by atoms with E-state index < -0.39 is 17.8 Å². The largest absolute Gasteiger partial charge is 0.416 e. The molecule has 0 saturated carbocycles. The number of hydrogen-bond donors (Lipinski definition) is 2. The minimum atomic E-state index is -4.39. The minimum absolute atomic E-state index is 0.00898. The minimum Gasteiger partial charge on any atom is -0.271 e. The highest BCUT2D eigenvalue weighted by atomic mass is 19.4. The zero-order valence-electron chi connectivity index (χ0n) is 9.75. The predicted molar refractivity (Wildman–Crippen MR) is 58.8 cm³/mol. The third kappa shape index (κ3) is 3.17. The van der Waals surface area contributed by atoms with Crippen LogP contribution in [0.4, 0.5) is 13.2 Å². The molecule has 3 nitrogen and oxygen atoms in total. The number of pyridine rings is 1. The van der Waals surface area contributed by atoms with Crippen molar-refractivity contribution in [2.45, 2.75) is 32.5 Å². The summed E-state index contributed by atoms with van der Waals surface area (Å²) in [6, 6.07) is 0.424. The van der Waals surface area contributed by atoms with Crippen LogP contribution in [0.15, 0.2) is 18.5 Å². The zero-order valence-corrected chi connectivity index (χ0v) is 9.75. The van der Waals surface area contributed by atoms with Crippen molar-refractivity contribution in [2.24, 2.45) is 11.8 Å². The molecule has 0 aromatic carbocycles. The van der Waals surface area contributed by atoms with Crippen LogP contribution in [0.3, 0.4) is 0 Å². The molecule has 0 saturated heterocycles. The van der Waals surface area contributed by atoms with Gasteiger partial charge >= 0.3 is 6.18 Å². The molecule has 0 aliphatic heterocycles. The Morgan fingerprint density at radius 2 is 2.12 bits per heavy atom. The summed E-state index contributed by atoms with van der Waals surface area (Å²) in [6.07, 6.45) is -1.31. The molecule has 1 aromatic rings. The first-order chi connectivity index (χ1) is 7.91. The molecule has 0 fully saturated rings. The monoisotopic (exact) mass is 247 g/mol. The van der Waals surface area contributed by atoms with Crippen LogP contribution in [0.5, 0.6) is 0 Å². The van der Waals surface area contributed by atoms with Crippen LogP contribution in [-0.2, 0) is 6.18 Å². The van der Waals surface area contributed by atoms with Crippen molar-refractivity contribution >= 4 is 0 Å². The molecule has 0 spiro atoms. The summed E-state index contributed by atoms with van der Waals surface area (Å²) in [5.41, 5.74) is 1.85. The molecule has 0 aliphatic carbocycles. The second kappa shape index (κ2) is 5.46. The number of hydrogen-bond acceptors (Lipinski definition) is 3. The van der Waals surface area contributed by atoms with E-state index in [1.807, 2.05) is 13.8 Å². The maximum Gasteiger partial charge on any atom is 0.416 e. The van der Waals surface area contributed by atoms with Crippen LogP contribution in [0, 0.1) is 5.92 Å². The number of alkyl halides is 3. The second-order valence-electron chi connectivity index (χ2n) is 3.99. The molecular weight excluding hydrogens is 231 g/mol. The first-order valence-electron chi connectivity index (χ1n) is 5.39. The quantitative estimate of drug-likeness (QED) is 0.635. The van der Waals surface area contributed by atoms with Crippen LogP contribution < -0.4 is 11.3 Å². The van der Waals surface area contributed by atoms with Gasteiger partial charge in [-0.15, -0.1) is 0 Å². The van der Waals surface area contributed by atoms with Gasteiger partial charge in [-0.25, -0.2) is 0 Å². The SMILES string of the molecule is CCC(C)C(NN)c1cnccc1C(F)(F)F. The summed E-state index contributed by atoms with van der Waals surface area (Å²) in [4.78, 5) is 3.75. The Kier molecular flexibility index (Phi) is 4.47. The van der Waals surface area contributed by atoms with E-state index >= 15 is 0 Å². The van der Waals surface area contributed by atoms with Crippen molar-refractivity contribution in [3.63, 3.8) is 0 Å². The van der Waals surface area contributed by atoms with Crippen molar-refractivity contribution in [2.75, 3.05) is 0 Å². The van der Waals surface area contributed by atoms with Crippen molar-refractivity contribution in [3.05, 3.63) is 29.6 Å². The Morgan fingerprint density at radius 1 is 1.47 bits per heavy atom. The Hall–Kier alpha value is -1.14.